The number of nitrogens with two attached hydrogens (primary N) is 2. The van der Waals surface area contributed by atoms with Gasteiger partial charge in [0.1, 0.15) is 34.6 Å². The molecule has 1 heterocycles. The van der Waals surface area contributed by atoms with Crippen molar-refractivity contribution in [3.63, 3.8) is 0 Å². The zero-order valence-corrected chi connectivity index (χ0v) is 80.8. The molecule has 1 saturated heterocycles. The minimum absolute atomic E-state index is 0.0387. The number of carbonyl (C=O) groups excluding carboxylic acids is 6. The number of nitrogens with one attached hydrogen (secondary N) is 6. The summed E-state index contributed by atoms with van der Waals surface area (Å²) < 4.78 is 23.7. The topological polar surface area (TPSA) is 267 Å². The van der Waals surface area contributed by atoms with E-state index in [0.717, 1.165) is 132 Å². The van der Waals surface area contributed by atoms with Crippen LogP contribution in [0.25, 0.3) is 0 Å². The monoisotopic (exact) mass is 1770 g/mol. The van der Waals surface area contributed by atoms with Crippen molar-refractivity contribution in [1.82, 2.24) is 36.8 Å². The van der Waals surface area contributed by atoms with Gasteiger partial charge in [-0.3, -0.25) is 28.8 Å². The first-order valence-corrected chi connectivity index (χ1v) is 48.1. The second-order valence-corrected chi connectivity index (χ2v) is 36.1. The minimum atomic E-state index is -0.537. The lowest BCUT2D eigenvalue weighted by molar-refractivity contribution is -0.123. The highest BCUT2D eigenvalue weighted by molar-refractivity contribution is 5.88. The number of ether oxygens (including phenoxy) is 4. The van der Waals surface area contributed by atoms with E-state index in [4.69, 9.17) is 30.4 Å². The molecule has 10 N–H and O–H groups in total. The van der Waals surface area contributed by atoms with Gasteiger partial charge in [-0.05, 0) is 203 Å². The second-order valence-electron chi connectivity index (χ2n) is 36.1. The molecule has 0 saturated carbocycles. The number of benzene rings is 8. The van der Waals surface area contributed by atoms with Gasteiger partial charge >= 0.3 is 0 Å². The van der Waals surface area contributed by atoms with Gasteiger partial charge in [0.15, 0.2) is 0 Å². The lowest BCUT2D eigenvalue weighted by atomic mass is 9.87. The third kappa shape index (κ3) is 40.5. The zero-order chi connectivity index (χ0) is 93.8. The molecule has 8 aromatic carbocycles. The number of carbonyl (C=O) groups is 6. The fraction of sp³-hybridized carbons (Fsp3) is 0.509. The fourth-order valence-electron chi connectivity index (χ4n) is 15.7. The van der Waals surface area contributed by atoms with Gasteiger partial charge in [-0.2, -0.15) is 0 Å². The molecule has 1 aliphatic heterocycles. The minimum Gasteiger partial charge on any atom is -0.493 e. The van der Waals surface area contributed by atoms with Crippen LogP contribution in [0.1, 0.15) is 285 Å². The van der Waals surface area contributed by atoms with Crippen LogP contribution in [0.2, 0.25) is 0 Å². The third-order valence-corrected chi connectivity index (χ3v) is 24.2. The summed E-state index contributed by atoms with van der Waals surface area (Å²) in [4.78, 5) is 79.0. The van der Waals surface area contributed by atoms with Crippen LogP contribution in [-0.4, -0.2) is 138 Å². The van der Waals surface area contributed by atoms with E-state index in [-0.39, 0.29) is 82.8 Å². The molecule has 8 aromatic rings. The molecule has 0 radical (unpaired) electrons. The van der Waals surface area contributed by atoms with Crippen LogP contribution in [0, 0.1) is 23.7 Å². The molecular formula is C110H159N9O10. The largest absolute Gasteiger partial charge is 0.493 e. The van der Waals surface area contributed by atoms with Gasteiger partial charge in [0, 0.05) is 75.3 Å². The molecule has 129 heavy (non-hydrogen) atoms. The summed E-state index contributed by atoms with van der Waals surface area (Å²) in [7, 11) is 4.04. The molecule has 1 aliphatic rings. The molecule has 704 valence electrons. The van der Waals surface area contributed by atoms with Crippen molar-refractivity contribution < 1.29 is 47.7 Å². The predicted octanol–water partition coefficient (Wildman–Crippen LogP) is 20.6. The average molecular weight is 1770 g/mol. The van der Waals surface area contributed by atoms with Crippen LogP contribution in [0.3, 0.4) is 0 Å². The Bertz CT molecular complexity index is 4390. The normalized spacial score (nSPS) is 15.5. The van der Waals surface area contributed by atoms with E-state index in [1.165, 1.54) is 38.5 Å². The van der Waals surface area contributed by atoms with E-state index in [1.807, 2.05) is 250 Å². The van der Waals surface area contributed by atoms with Crippen molar-refractivity contribution in [1.29, 1.82) is 0 Å². The van der Waals surface area contributed by atoms with Gasteiger partial charge in [0.25, 0.3) is 0 Å². The van der Waals surface area contributed by atoms with Crippen LogP contribution >= 0.6 is 0 Å². The van der Waals surface area contributed by atoms with Crippen LogP contribution in [0.15, 0.2) is 218 Å². The second kappa shape index (κ2) is 60.8. The Balaban J connectivity index is 0.000000266. The summed E-state index contributed by atoms with van der Waals surface area (Å²) in [6.07, 6.45) is 14.5. The van der Waals surface area contributed by atoms with Gasteiger partial charge in [-0.25, -0.2) is 0 Å². The Hall–Kier alpha value is -10.0. The third-order valence-electron chi connectivity index (χ3n) is 24.2. The van der Waals surface area contributed by atoms with E-state index in [0.29, 0.717) is 88.2 Å². The fourth-order valence-corrected chi connectivity index (χ4v) is 15.7. The zero-order valence-electron chi connectivity index (χ0n) is 80.8. The van der Waals surface area contributed by atoms with E-state index in [9.17, 15) is 28.8 Å². The van der Waals surface area contributed by atoms with Crippen molar-refractivity contribution in [3.05, 3.63) is 263 Å². The first kappa shape index (κ1) is 108. The molecular weight excluding hydrogens is 1610 g/mol. The maximum atomic E-state index is 13.2. The highest BCUT2D eigenvalue weighted by Crippen LogP contribution is 2.32. The van der Waals surface area contributed by atoms with Gasteiger partial charge in [0.2, 0.25) is 23.6 Å². The molecule has 19 heteroatoms. The van der Waals surface area contributed by atoms with Gasteiger partial charge < -0.3 is 67.2 Å². The maximum Gasteiger partial charge on any atom is 0.236 e. The molecule has 9 rings (SSSR count). The van der Waals surface area contributed by atoms with Gasteiger partial charge in [-0.1, -0.05) is 285 Å². The smallest absolute Gasteiger partial charge is 0.236 e. The number of likely N-dealkylation sites (N-methyl/N-ethyl adjacent to an activating group) is 1. The molecule has 0 aromatic heterocycles. The molecule has 0 bridgehead atoms. The Morgan fingerprint density at radius 3 is 0.992 bits per heavy atom. The van der Waals surface area contributed by atoms with Crippen LogP contribution < -0.4 is 62.3 Å². The van der Waals surface area contributed by atoms with Crippen molar-refractivity contribution in [2.75, 3.05) is 79.8 Å². The van der Waals surface area contributed by atoms with Crippen molar-refractivity contribution >= 4 is 35.2 Å². The number of hydrogen-bond acceptors (Lipinski definition) is 15. The molecule has 19 nitrogen and oxygen atoms in total. The SMILES string of the molecule is CCCC(C)COc1ccc([C@H](CN(C)C)NC(=O)[C@@H](C)c2ccccc2)cc1.CCCC(C)COc1ccc([C@H](CNC(=O)[C@@H](N)CC)CC(=O)[C@@H](C)c2ccccc2)cc1.CCCC(C)COc1ccc([C@H](CNC(=O)[C@@H](N)CCC)CC(=O)[C@@H](C)c2ccccc2)cc1.CCCC(C)COc1ccc([C@H](CNC[C@@H]2CCCN2)NC(=O)[C@@H](C)c2ccccc2)cc1. The van der Waals surface area contributed by atoms with Crippen LogP contribution in [0.4, 0.5) is 0 Å². The number of Topliss-reactive ketones (excluding diaryl/α,β-unsaturated/α-hetero) is 2. The summed E-state index contributed by atoms with van der Waals surface area (Å²) in [6, 6.07) is 70.9. The molecule has 15 atom stereocenters. The predicted molar refractivity (Wildman–Crippen MR) is 530 cm³/mol. The molecule has 4 amide bonds. The molecule has 1 fully saturated rings. The Labute approximate surface area is 775 Å². The van der Waals surface area contributed by atoms with Gasteiger partial charge in [-0.15, -0.1) is 0 Å². The van der Waals surface area contributed by atoms with Crippen molar-refractivity contribution in [2.45, 2.75) is 259 Å². The van der Waals surface area contributed by atoms with Crippen molar-refractivity contribution in [3.8, 4) is 23.0 Å². The van der Waals surface area contributed by atoms with Crippen LogP contribution in [-0.2, 0) is 28.8 Å². The van der Waals surface area contributed by atoms with Crippen molar-refractivity contribution in [2.24, 2.45) is 35.1 Å². The lowest BCUT2D eigenvalue weighted by Gasteiger charge is -2.25. The Kier molecular flexibility index (Phi) is 50.8. The molecule has 4 unspecified atom stereocenters. The Morgan fingerprint density at radius 2 is 0.682 bits per heavy atom. The van der Waals surface area contributed by atoms with E-state index < -0.39 is 12.1 Å². The first-order valence-electron chi connectivity index (χ1n) is 48.1. The Morgan fingerprint density at radius 1 is 0.372 bits per heavy atom. The van der Waals surface area contributed by atoms with Gasteiger partial charge in [0.05, 0.1) is 62.4 Å². The summed E-state index contributed by atoms with van der Waals surface area (Å²) in [5.74, 6) is 4.49. The summed E-state index contributed by atoms with van der Waals surface area (Å²) >= 11 is 0. The summed E-state index contributed by atoms with van der Waals surface area (Å²) in [5.41, 5.74) is 20.1. The summed E-state index contributed by atoms with van der Waals surface area (Å²) in [5, 5.41) is 19.5. The highest BCUT2D eigenvalue weighted by Gasteiger charge is 2.28. The number of rotatable bonds is 53. The first-order chi connectivity index (χ1) is 62.2. The lowest BCUT2D eigenvalue weighted by Crippen LogP contribution is -2.42. The quantitative estimate of drug-likeness (QED) is 0.0176. The standard InChI is InChI=1S/C29H42N2O3.C28H41N3O2.C28H40N2O3.C25H36N2O2/c1-5-10-21(3)20-34-26-16-14-24(15-17-26)25(19-31-29(33)27(30)11-6-2)18-28(32)22(4)23-12-8-7-9-13-23;1-4-9-21(2)20-33-26-15-13-24(14-16-26)27(19-29-18-25-12-8-17-30-25)31-28(32)22(3)23-10-6-5-7-11-23;1-5-10-20(3)19-33-25-15-13-23(14-16-25)24(18-30-28(32)26(29)6-2)17-27(31)21(4)22-11-8-7-9-12-22;1-6-10-19(2)18-29-23-15-13-22(14-16-23)24(17-27(4)5)26-25(28)20(3)21-11-8-7-9-12-21/h7-9,12-17,21-22,25,27H,5-6,10-11,18-20,30H2,1-4H3,(H,31,33);5-7,10-11,13-16,21-22,25,27,29-30H,4,8-9,12,17-20H2,1-3H3,(H,31,32);7-9,11-16,20-21,24,26H,5-6,10,17-19,29H2,1-4H3,(H,30,32);7-9,11-16,19-20,24H,6,10,17-18H2,1-5H3,(H,26,28)/t2*21?,22-,25-,27-;20?,21-,24-,26-;19?,20-,24-/m0000/s1. The molecule has 0 spiro atoms. The van der Waals surface area contributed by atoms with E-state index in [2.05, 4.69) is 116 Å². The number of amides is 4. The number of ketones is 2. The molecule has 0 aliphatic carbocycles. The highest BCUT2D eigenvalue weighted by atomic mass is 16.5. The summed E-state index contributed by atoms with van der Waals surface area (Å²) in [6.45, 7) is 36.3. The van der Waals surface area contributed by atoms with E-state index in [1.54, 1.807) is 0 Å². The van der Waals surface area contributed by atoms with E-state index >= 15 is 0 Å². The number of hydrogen-bond donors (Lipinski definition) is 8. The maximum absolute atomic E-state index is 13.2. The number of nitrogens with zero attached hydrogens (tertiary/aromatic N) is 1. The van der Waals surface area contributed by atoms with Crippen LogP contribution in [0.5, 0.6) is 23.0 Å². The average Bonchev–Trinajstić information content (AvgIpc) is 0.983.